The Morgan fingerprint density at radius 2 is 1.86 bits per heavy atom. The van der Waals surface area contributed by atoms with Gasteiger partial charge in [-0.1, -0.05) is 6.07 Å². The zero-order valence-corrected chi connectivity index (χ0v) is 11.7. The van der Waals surface area contributed by atoms with Gasteiger partial charge in [-0.05, 0) is 30.3 Å². The molecule has 0 heterocycles. The molecule has 2 aromatic rings. The summed E-state index contributed by atoms with van der Waals surface area (Å²) in [6.07, 6.45) is 0. The van der Waals surface area contributed by atoms with Crippen LogP contribution >= 0.6 is 0 Å². The first-order valence-electron chi connectivity index (χ1n) is 6.17. The van der Waals surface area contributed by atoms with Gasteiger partial charge in [0.05, 0.1) is 25.5 Å². The van der Waals surface area contributed by atoms with Crippen LogP contribution in [-0.2, 0) is 0 Å². The lowest BCUT2D eigenvalue weighted by Crippen LogP contribution is -2.12. The van der Waals surface area contributed by atoms with E-state index >= 15 is 0 Å². The highest BCUT2D eigenvalue weighted by Crippen LogP contribution is 2.30. The van der Waals surface area contributed by atoms with Crippen LogP contribution in [0.15, 0.2) is 36.4 Å². The summed E-state index contributed by atoms with van der Waals surface area (Å²) in [5, 5.41) is 12.6. The molecule has 0 bridgehead atoms. The largest absolute Gasteiger partial charge is 0.504 e. The van der Waals surface area contributed by atoms with Gasteiger partial charge in [0.2, 0.25) is 0 Å². The number of para-hydroxylation sites is 1. The Labute approximate surface area is 122 Å². The van der Waals surface area contributed by atoms with Gasteiger partial charge in [0, 0.05) is 5.69 Å². The number of methoxy groups -OCH3 is 2. The number of carbonyl (C=O) groups is 1. The molecule has 6 nitrogen and oxygen atoms in total. The molecule has 0 aliphatic carbocycles. The number of phenolic OH excluding ortho intramolecular Hbond substituents is 1. The lowest BCUT2D eigenvalue weighted by atomic mass is 10.1. The van der Waals surface area contributed by atoms with E-state index in [0.717, 1.165) is 0 Å². The number of anilines is 2. The van der Waals surface area contributed by atoms with Gasteiger partial charge in [-0.15, -0.1) is 0 Å². The van der Waals surface area contributed by atoms with E-state index in [1.54, 1.807) is 30.3 Å². The molecule has 0 radical (unpaired) electrons. The summed E-state index contributed by atoms with van der Waals surface area (Å²) in [4.78, 5) is 12.2. The van der Waals surface area contributed by atoms with Crippen LogP contribution in [0.2, 0.25) is 0 Å². The first-order valence-corrected chi connectivity index (χ1v) is 6.17. The monoisotopic (exact) mass is 288 g/mol. The second kappa shape index (κ2) is 6.04. The van der Waals surface area contributed by atoms with Gasteiger partial charge in [-0.3, -0.25) is 4.79 Å². The van der Waals surface area contributed by atoms with Gasteiger partial charge in [-0.25, -0.2) is 0 Å². The molecule has 1 amide bonds. The molecule has 2 aromatic carbocycles. The number of hydrogen-bond donors (Lipinski definition) is 3. The quantitative estimate of drug-likeness (QED) is 0.750. The Morgan fingerprint density at radius 3 is 2.48 bits per heavy atom. The van der Waals surface area contributed by atoms with Crippen molar-refractivity contribution >= 4 is 17.3 Å². The van der Waals surface area contributed by atoms with Gasteiger partial charge in [-0.2, -0.15) is 0 Å². The van der Waals surface area contributed by atoms with E-state index in [9.17, 15) is 9.90 Å². The molecule has 0 spiro atoms. The first-order chi connectivity index (χ1) is 10.1. The Kier molecular flexibility index (Phi) is 4.18. The van der Waals surface area contributed by atoms with Crippen molar-refractivity contribution in [1.29, 1.82) is 0 Å². The molecule has 0 aliphatic rings. The summed E-state index contributed by atoms with van der Waals surface area (Å²) in [5.41, 5.74) is 6.80. The van der Waals surface area contributed by atoms with Crippen molar-refractivity contribution in [3.63, 3.8) is 0 Å². The third-order valence-corrected chi connectivity index (χ3v) is 2.95. The van der Waals surface area contributed by atoms with Crippen LogP contribution in [0, 0.1) is 0 Å². The Balaban J connectivity index is 2.24. The topological polar surface area (TPSA) is 93.8 Å². The average Bonchev–Trinajstić information content (AvgIpc) is 2.47. The Bertz CT molecular complexity index is 671. The second-order valence-corrected chi connectivity index (χ2v) is 4.27. The number of nitrogens with two attached hydrogens (primary N) is 1. The maximum atomic E-state index is 12.2. The Morgan fingerprint density at radius 1 is 1.14 bits per heavy atom. The van der Waals surface area contributed by atoms with Crippen LogP contribution in [-0.4, -0.2) is 25.2 Å². The van der Waals surface area contributed by atoms with Crippen molar-refractivity contribution in [1.82, 2.24) is 0 Å². The minimum Gasteiger partial charge on any atom is -0.504 e. The summed E-state index contributed by atoms with van der Waals surface area (Å²) in [6, 6.07) is 9.57. The molecule has 0 atom stereocenters. The van der Waals surface area contributed by atoms with E-state index < -0.39 is 5.91 Å². The number of aromatic hydroxyl groups is 1. The zero-order valence-electron chi connectivity index (χ0n) is 11.7. The number of phenols is 1. The third-order valence-electron chi connectivity index (χ3n) is 2.95. The van der Waals surface area contributed by atoms with Crippen molar-refractivity contribution < 1.29 is 19.4 Å². The van der Waals surface area contributed by atoms with Crippen molar-refractivity contribution in [3.05, 3.63) is 42.0 Å². The van der Waals surface area contributed by atoms with E-state index in [-0.39, 0.29) is 17.1 Å². The fourth-order valence-corrected chi connectivity index (χ4v) is 1.88. The van der Waals surface area contributed by atoms with E-state index in [2.05, 4.69) is 5.32 Å². The maximum Gasteiger partial charge on any atom is 0.259 e. The van der Waals surface area contributed by atoms with Crippen LogP contribution in [0.1, 0.15) is 10.4 Å². The van der Waals surface area contributed by atoms with E-state index in [0.29, 0.717) is 17.1 Å². The standard InChI is InChI=1S/C15H16N2O4/c1-20-12-7-6-9(8-11(12)16)17-15(19)10-4-3-5-13(21-2)14(10)18/h3-8,18H,16H2,1-2H3,(H,17,19). The molecule has 0 aliphatic heterocycles. The minimum absolute atomic E-state index is 0.115. The van der Waals surface area contributed by atoms with Gasteiger partial charge < -0.3 is 25.6 Å². The summed E-state index contributed by atoms with van der Waals surface area (Å²) in [6.45, 7) is 0. The summed E-state index contributed by atoms with van der Waals surface area (Å²) < 4.78 is 10.0. The predicted octanol–water partition coefficient (Wildman–Crippen LogP) is 2.24. The van der Waals surface area contributed by atoms with E-state index in [4.69, 9.17) is 15.2 Å². The molecule has 0 unspecified atom stereocenters. The molecule has 21 heavy (non-hydrogen) atoms. The number of benzene rings is 2. The fraction of sp³-hybridized carbons (Fsp3) is 0.133. The number of hydrogen-bond acceptors (Lipinski definition) is 5. The summed E-state index contributed by atoms with van der Waals surface area (Å²) in [7, 11) is 2.93. The van der Waals surface area contributed by atoms with Crippen LogP contribution < -0.4 is 20.5 Å². The zero-order chi connectivity index (χ0) is 15.4. The smallest absolute Gasteiger partial charge is 0.259 e. The minimum atomic E-state index is -0.462. The van der Waals surface area contributed by atoms with Crippen LogP contribution in [0.5, 0.6) is 17.2 Å². The molecule has 6 heteroatoms. The van der Waals surface area contributed by atoms with Gasteiger partial charge in [0.25, 0.3) is 5.91 Å². The molecular formula is C15H16N2O4. The molecular weight excluding hydrogens is 272 g/mol. The number of nitrogen functional groups attached to an aromatic ring is 1. The van der Waals surface area contributed by atoms with Crippen molar-refractivity contribution in [3.8, 4) is 17.2 Å². The van der Waals surface area contributed by atoms with Crippen molar-refractivity contribution in [2.75, 3.05) is 25.3 Å². The van der Waals surface area contributed by atoms with Crippen LogP contribution in [0.4, 0.5) is 11.4 Å². The molecule has 4 N–H and O–H groups in total. The van der Waals surface area contributed by atoms with Crippen LogP contribution in [0.3, 0.4) is 0 Å². The highest BCUT2D eigenvalue weighted by molar-refractivity contribution is 6.06. The summed E-state index contributed by atoms with van der Waals surface area (Å²) >= 11 is 0. The molecule has 0 aromatic heterocycles. The lowest BCUT2D eigenvalue weighted by Gasteiger charge is -2.11. The Hall–Kier alpha value is -2.89. The number of ether oxygens (including phenoxy) is 2. The van der Waals surface area contributed by atoms with Crippen molar-refractivity contribution in [2.45, 2.75) is 0 Å². The average molecular weight is 288 g/mol. The highest BCUT2D eigenvalue weighted by atomic mass is 16.5. The number of carbonyl (C=O) groups excluding carboxylic acids is 1. The van der Waals surface area contributed by atoms with Gasteiger partial charge >= 0.3 is 0 Å². The number of amides is 1. The highest BCUT2D eigenvalue weighted by Gasteiger charge is 2.15. The summed E-state index contributed by atoms with van der Waals surface area (Å²) in [5.74, 6) is 0.0871. The van der Waals surface area contributed by atoms with Crippen molar-refractivity contribution in [2.24, 2.45) is 0 Å². The maximum absolute atomic E-state index is 12.2. The normalized spacial score (nSPS) is 10.0. The van der Waals surface area contributed by atoms with E-state index in [1.165, 1.54) is 20.3 Å². The first kappa shape index (κ1) is 14.5. The number of nitrogens with one attached hydrogen (secondary N) is 1. The predicted molar refractivity (Wildman–Crippen MR) is 80.0 cm³/mol. The third kappa shape index (κ3) is 3.00. The SMILES string of the molecule is COc1ccc(NC(=O)c2cccc(OC)c2O)cc1N. The number of rotatable bonds is 4. The van der Waals surface area contributed by atoms with Gasteiger partial charge in [0.15, 0.2) is 11.5 Å². The molecule has 0 saturated heterocycles. The fourth-order valence-electron chi connectivity index (χ4n) is 1.88. The molecule has 110 valence electrons. The molecule has 2 rings (SSSR count). The lowest BCUT2D eigenvalue weighted by molar-refractivity contribution is 0.102. The van der Waals surface area contributed by atoms with Crippen LogP contribution in [0.25, 0.3) is 0 Å². The van der Waals surface area contributed by atoms with Gasteiger partial charge in [0.1, 0.15) is 5.75 Å². The molecule has 0 fully saturated rings. The second-order valence-electron chi connectivity index (χ2n) is 4.27. The molecule has 0 saturated carbocycles. The van der Waals surface area contributed by atoms with E-state index in [1.807, 2.05) is 0 Å².